The minimum atomic E-state index is -0.408. The van der Waals surface area contributed by atoms with Crippen LogP contribution < -0.4 is 5.32 Å². The van der Waals surface area contributed by atoms with Gasteiger partial charge in [-0.25, -0.2) is 4.79 Å². The maximum atomic E-state index is 12.9. The molecule has 0 radical (unpaired) electrons. The highest BCUT2D eigenvalue weighted by Crippen LogP contribution is 2.37. The fraction of sp³-hybridized carbons (Fsp3) is 0.538. The Hall–Kier alpha value is -3.00. The van der Waals surface area contributed by atoms with Crippen molar-refractivity contribution in [2.24, 2.45) is 5.41 Å². The molecule has 1 aromatic heterocycles. The van der Waals surface area contributed by atoms with Gasteiger partial charge in [-0.05, 0) is 56.6 Å². The number of amides is 1. The zero-order valence-corrected chi connectivity index (χ0v) is 20.0. The molecule has 0 saturated carbocycles. The second-order valence-electron chi connectivity index (χ2n) is 9.15. The Balaban J connectivity index is 1.40. The quantitative estimate of drug-likeness (QED) is 0.363. The SMILES string of the molecule is CCC(=O)c1ccc(C(=O)OCCCc2nn(CC)c3c2CC2(CCOCC2)CNC3=O)cc1. The standard InChI is InChI=1S/C26H33N3O5/c1-3-22(30)18-7-9-19(10-8-18)25(32)34-13-5-6-21-20-16-26(11-14-33-15-12-26)17-27-24(31)23(20)29(4-2)28-21/h7-10H,3-6,11-17H2,1-2H3,(H,27,31). The van der Waals surface area contributed by atoms with E-state index in [1.165, 1.54) is 0 Å². The molecule has 0 aliphatic carbocycles. The lowest BCUT2D eigenvalue weighted by Gasteiger charge is -2.36. The molecule has 0 bridgehead atoms. The Morgan fingerprint density at radius 2 is 1.85 bits per heavy atom. The summed E-state index contributed by atoms with van der Waals surface area (Å²) in [5.74, 6) is -0.425. The number of benzene rings is 1. The van der Waals surface area contributed by atoms with Crippen LogP contribution in [0.25, 0.3) is 0 Å². The third kappa shape index (κ3) is 5.06. The molecule has 1 amide bonds. The van der Waals surface area contributed by atoms with Crippen molar-refractivity contribution < 1.29 is 23.9 Å². The maximum Gasteiger partial charge on any atom is 0.338 e. The van der Waals surface area contributed by atoms with Crippen molar-refractivity contribution in [2.45, 2.75) is 58.9 Å². The van der Waals surface area contributed by atoms with Gasteiger partial charge in [0.25, 0.3) is 5.91 Å². The molecule has 2 aromatic rings. The van der Waals surface area contributed by atoms with Crippen molar-refractivity contribution in [2.75, 3.05) is 26.4 Å². The summed E-state index contributed by atoms with van der Waals surface area (Å²) in [5, 5.41) is 7.86. The van der Waals surface area contributed by atoms with E-state index in [4.69, 9.17) is 14.6 Å². The molecule has 1 aromatic carbocycles. The third-order valence-corrected chi connectivity index (χ3v) is 6.93. The number of ether oxygens (including phenoxy) is 2. The third-order valence-electron chi connectivity index (χ3n) is 6.93. The summed E-state index contributed by atoms with van der Waals surface area (Å²) in [4.78, 5) is 37.0. The smallest absolute Gasteiger partial charge is 0.338 e. The van der Waals surface area contributed by atoms with Gasteiger partial charge in [0.2, 0.25) is 0 Å². The van der Waals surface area contributed by atoms with Crippen molar-refractivity contribution in [3.8, 4) is 0 Å². The van der Waals surface area contributed by atoms with Gasteiger partial charge in [0.1, 0.15) is 5.69 Å². The summed E-state index contributed by atoms with van der Waals surface area (Å²) in [6.07, 6.45) is 4.32. The molecule has 8 heteroatoms. The van der Waals surface area contributed by atoms with Crippen LogP contribution in [0.15, 0.2) is 24.3 Å². The number of carbonyl (C=O) groups excluding carboxylic acids is 3. The van der Waals surface area contributed by atoms with Crippen LogP contribution in [0, 0.1) is 5.41 Å². The lowest BCUT2D eigenvalue weighted by atomic mass is 9.75. The Morgan fingerprint density at radius 1 is 1.15 bits per heavy atom. The van der Waals surface area contributed by atoms with Gasteiger partial charge in [-0.3, -0.25) is 14.3 Å². The van der Waals surface area contributed by atoms with E-state index in [0.29, 0.717) is 62.4 Å². The number of ketones is 1. The van der Waals surface area contributed by atoms with Gasteiger partial charge in [0.05, 0.1) is 17.9 Å². The topological polar surface area (TPSA) is 99.5 Å². The van der Waals surface area contributed by atoms with Crippen LogP contribution in [0.1, 0.15) is 82.0 Å². The first-order valence-electron chi connectivity index (χ1n) is 12.2. The van der Waals surface area contributed by atoms with Crippen molar-refractivity contribution in [3.05, 3.63) is 52.3 Å². The summed E-state index contributed by atoms with van der Waals surface area (Å²) in [6, 6.07) is 6.57. The summed E-state index contributed by atoms with van der Waals surface area (Å²) in [5.41, 5.74) is 3.64. The molecular formula is C26H33N3O5. The highest BCUT2D eigenvalue weighted by Gasteiger charge is 2.39. The molecule has 0 unspecified atom stereocenters. The molecular weight excluding hydrogens is 434 g/mol. The number of Topliss-reactive ketones (excluding diaryl/α,β-unsaturated/α-hetero) is 1. The van der Waals surface area contributed by atoms with Crippen LogP contribution in [0.4, 0.5) is 0 Å². The second-order valence-corrected chi connectivity index (χ2v) is 9.15. The number of rotatable bonds is 8. The number of hydrogen-bond acceptors (Lipinski definition) is 6. The van der Waals surface area contributed by atoms with Gasteiger partial charge in [-0.2, -0.15) is 5.10 Å². The molecule has 1 fully saturated rings. The molecule has 1 saturated heterocycles. The molecule has 2 aliphatic heterocycles. The number of nitrogens with zero attached hydrogens (tertiary/aromatic N) is 2. The number of hydrogen-bond donors (Lipinski definition) is 1. The lowest BCUT2D eigenvalue weighted by Crippen LogP contribution is -2.40. The lowest BCUT2D eigenvalue weighted by molar-refractivity contribution is 0.0160. The van der Waals surface area contributed by atoms with Gasteiger partial charge >= 0.3 is 5.97 Å². The second kappa shape index (κ2) is 10.5. The van der Waals surface area contributed by atoms with E-state index in [1.807, 2.05) is 13.8 Å². The molecule has 1 N–H and O–H groups in total. The highest BCUT2D eigenvalue weighted by molar-refractivity contribution is 5.97. The highest BCUT2D eigenvalue weighted by atomic mass is 16.5. The fourth-order valence-electron chi connectivity index (χ4n) is 4.85. The van der Waals surface area contributed by atoms with E-state index in [0.717, 1.165) is 30.5 Å². The van der Waals surface area contributed by atoms with E-state index < -0.39 is 5.97 Å². The summed E-state index contributed by atoms with van der Waals surface area (Å²) < 4.78 is 12.8. The molecule has 1 spiro atoms. The largest absolute Gasteiger partial charge is 0.462 e. The number of esters is 1. The average Bonchev–Trinajstić information content (AvgIpc) is 3.15. The molecule has 3 heterocycles. The predicted octanol–water partition coefficient (Wildman–Crippen LogP) is 3.37. The van der Waals surface area contributed by atoms with Crippen LogP contribution in [0.3, 0.4) is 0 Å². The molecule has 2 aliphatic rings. The summed E-state index contributed by atoms with van der Waals surface area (Å²) in [7, 11) is 0. The number of nitrogens with one attached hydrogen (secondary N) is 1. The average molecular weight is 468 g/mol. The Kier molecular flexibility index (Phi) is 7.46. The number of carbonyl (C=O) groups is 3. The predicted molar refractivity (Wildman–Crippen MR) is 126 cm³/mol. The molecule has 4 rings (SSSR count). The summed E-state index contributed by atoms with van der Waals surface area (Å²) >= 11 is 0. The first-order chi connectivity index (χ1) is 16.5. The van der Waals surface area contributed by atoms with E-state index in [2.05, 4.69) is 5.32 Å². The molecule has 0 atom stereocenters. The van der Waals surface area contributed by atoms with Gasteiger partial charge in [-0.1, -0.05) is 19.1 Å². The zero-order valence-electron chi connectivity index (χ0n) is 20.0. The van der Waals surface area contributed by atoms with Crippen molar-refractivity contribution in [3.63, 3.8) is 0 Å². The molecule has 182 valence electrons. The maximum absolute atomic E-state index is 12.9. The van der Waals surface area contributed by atoms with Crippen LogP contribution in [-0.2, 0) is 28.9 Å². The minimum absolute atomic E-state index is 0.00724. The number of aryl methyl sites for hydroxylation is 2. The van der Waals surface area contributed by atoms with Crippen LogP contribution in [0.2, 0.25) is 0 Å². The van der Waals surface area contributed by atoms with E-state index >= 15 is 0 Å². The van der Waals surface area contributed by atoms with Gasteiger partial charge in [0, 0.05) is 43.9 Å². The van der Waals surface area contributed by atoms with E-state index in [-0.39, 0.29) is 23.7 Å². The van der Waals surface area contributed by atoms with Gasteiger partial charge < -0.3 is 14.8 Å². The van der Waals surface area contributed by atoms with Crippen LogP contribution in [-0.4, -0.2) is 53.8 Å². The minimum Gasteiger partial charge on any atom is -0.462 e. The number of fused-ring (bicyclic) bond motifs is 1. The first-order valence-corrected chi connectivity index (χ1v) is 12.2. The van der Waals surface area contributed by atoms with Crippen molar-refractivity contribution in [1.29, 1.82) is 0 Å². The van der Waals surface area contributed by atoms with Gasteiger partial charge in [-0.15, -0.1) is 0 Å². The molecule has 34 heavy (non-hydrogen) atoms. The van der Waals surface area contributed by atoms with Gasteiger partial charge in [0.15, 0.2) is 5.78 Å². The van der Waals surface area contributed by atoms with Crippen molar-refractivity contribution >= 4 is 17.7 Å². The Bertz CT molecular complexity index is 1050. The monoisotopic (exact) mass is 467 g/mol. The fourth-order valence-corrected chi connectivity index (χ4v) is 4.85. The Labute approximate surface area is 200 Å². The number of aromatic nitrogens is 2. The van der Waals surface area contributed by atoms with E-state index in [1.54, 1.807) is 28.9 Å². The Morgan fingerprint density at radius 3 is 2.53 bits per heavy atom. The van der Waals surface area contributed by atoms with Crippen LogP contribution >= 0.6 is 0 Å². The first kappa shape index (κ1) is 24.1. The normalized spacial score (nSPS) is 17.1. The molecule has 8 nitrogen and oxygen atoms in total. The zero-order chi connectivity index (χ0) is 24.1. The van der Waals surface area contributed by atoms with Crippen molar-refractivity contribution in [1.82, 2.24) is 15.1 Å². The van der Waals surface area contributed by atoms with E-state index in [9.17, 15) is 14.4 Å². The summed E-state index contributed by atoms with van der Waals surface area (Å²) in [6.45, 7) is 6.76. The van der Waals surface area contributed by atoms with Crippen LogP contribution in [0.5, 0.6) is 0 Å².